The van der Waals surface area contributed by atoms with E-state index in [0.717, 1.165) is 50.7 Å². The number of hydrogen-bond donors (Lipinski definition) is 3. The Morgan fingerprint density at radius 1 is 1.23 bits per heavy atom. The van der Waals surface area contributed by atoms with Crippen molar-refractivity contribution in [2.24, 2.45) is 10.9 Å². The molecule has 1 aliphatic rings. The standard InChI is InChI=1S/C24H37N5OS/c1-3-23-28-21(18-31-23)17-29-14-11-19(12-15-29)16-27-24(25-4-2)26-13-10-22(30)20-8-6-5-7-9-20/h5-9,18-19,22,30H,3-4,10-17H2,1-2H3,(H2,25,26,27). The number of piperidine rings is 1. The van der Waals surface area contributed by atoms with Gasteiger partial charge in [-0.1, -0.05) is 37.3 Å². The van der Waals surface area contributed by atoms with Crippen LogP contribution < -0.4 is 10.6 Å². The Morgan fingerprint density at radius 2 is 2.00 bits per heavy atom. The summed E-state index contributed by atoms with van der Waals surface area (Å²) < 4.78 is 0. The average molecular weight is 444 g/mol. The fourth-order valence-electron chi connectivity index (χ4n) is 3.87. The Balaban J connectivity index is 1.39. The number of aliphatic hydroxyl groups is 1. The molecule has 0 amide bonds. The van der Waals surface area contributed by atoms with E-state index in [-0.39, 0.29) is 0 Å². The summed E-state index contributed by atoms with van der Waals surface area (Å²) in [7, 11) is 0. The molecule has 170 valence electrons. The summed E-state index contributed by atoms with van der Waals surface area (Å²) in [5.41, 5.74) is 2.18. The van der Waals surface area contributed by atoms with E-state index < -0.39 is 6.10 Å². The predicted molar refractivity (Wildman–Crippen MR) is 129 cm³/mol. The lowest BCUT2D eigenvalue weighted by molar-refractivity contribution is 0.168. The van der Waals surface area contributed by atoms with E-state index in [4.69, 9.17) is 9.98 Å². The van der Waals surface area contributed by atoms with Gasteiger partial charge >= 0.3 is 0 Å². The summed E-state index contributed by atoms with van der Waals surface area (Å²) in [5, 5.41) is 20.5. The van der Waals surface area contributed by atoms with E-state index >= 15 is 0 Å². The molecule has 1 saturated heterocycles. The Hall–Kier alpha value is -1.96. The zero-order chi connectivity index (χ0) is 21.9. The fraction of sp³-hybridized carbons (Fsp3) is 0.583. The van der Waals surface area contributed by atoms with Gasteiger partial charge in [-0.3, -0.25) is 9.89 Å². The van der Waals surface area contributed by atoms with Crippen LogP contribution in [0.15, 0.2) is 40.7 Å². The zero-order valence-corrected chi connectivity index (χ0v) is 19.7. The quantitative estimate of drug-likeness (QED) is 0.387. The van der Waals surface area contributed by atoms with Gasteiger partial charge in [-0.05, 0) is 57.2 Å². The largest absolute Gasteiger partial charge is 0.388 e. The van der Waals surface area contributed by atoms with E-state index in [0.29, 0.717) is 18.9 Å². The van der Waals surface area contributed by atoms with Crippen LogP contribution in [0.3, 0.4) is 0 Å². The second kappa shape index (κ2) is 12.8. The molecule has 0 bridgehead atoms. The van der Waals surface area contributed by atoms with Crippen molar-refractivity contribution in [1.29, 1.82) is 0 Å². The van der Waals surface area contributed by atoms with Crippen LogP contribution in [0.1, 0.15) is 55.5 Å². The highest BCUT2D eigenvalue weighted by atomic mass is 32.1. The number of nitrogens with zero attached hydrogens (tertiary/aromatic N) is 3. The van der Waals surface area contributed by atoms with E-state index in [1.165, 1.54) is 23.5 Å². The SMILES string of the molecule is CCNC(=NCC1CCN(Cc2csc(CC)n2)CC1)NCCC(O)c1ccccc1. The number of nitrogens with one attached hydrogen (secondary N) is 2. The summed E-state index contributed by atoms with van der Waals surface area (Å²) in [5.74, 6) is 1.48. The number of thiazole rings is 1. The number of aryl methyl sites for hydroxylation is 1. The molecule has 3 rings (SSSR count). The first-order valence-electron chi connectivity index (χ1n) is 11.6. The van der Waals surface area contributed by atoms with Gasteiger partial charge in [-0.15, -0.1) is 11.3 Å². The summed E-state index contributed by atoms with van der Waals surface area (Å²) >= 11 is 1.78. The molecule has 2 heterocycles. The van der Waals surface area contributed by atoms with E-state index in [1.807, 2.05) is 30.3 Å². The molecule has 1 unspecified atom stereocenters. The molecule has 1 atom stereocenters. The van der Waals surface area contributed by atoms with Crippen molar-refractivity contribution in [1.82, 2.24) is 20.5 Å². The third kappa shape index (κ3) is 7.91. The van der Waals surface area contributed by atoms with E-state index in [2.05, 4.69) is 34.8 Å². The first-order valence-corrected chi connectivity index (χ1v) is 12.5. The Morgan fingerprint density at radius 3 is 2.68 bits per heavy atom. The number of aromatic nitrogens is 1. The van der Waals surface area contributed by atoms with E-state index in [9.17, 15) is 5.11 Å². The monoisotopic (exact) mass is 443 g/mol. The molecule has 1 aliphatic heterocycles. The van der Waals surface area contributed by atoms with E-state index in [1.54, 1.807) is 11.3 Å². The van der Waals surface area contributed by atoms with Gasteiger partial charge in [0, 0.05) is 31.6 Å². The van der Waals surface area contributed by atoms with Crippen LogP contribution >= 0.6 is 11.3 Å². The van der Waals surface area contributed by atoms with Crippen molar-refractivity contribution < 1.29 is 5.11 Å². The minimum Gasteiger partial charge on any atom is -0.388 e. The van der Waals surface area contributed by atoms with Gasteiger partial charge in [0.25, 0.3) is 0 Å². The van der Waals surface area contributed by atoms with Gasteiger partial charge in [0.05, 0.1) is 16.8 Å². The second-order valence-electron chi connectivity index (χ2n) is 8.17. The van der Waals surface area contributed by atoms with Gasteiger partial charge in [0.1, 0.15) is 0 Å². The van der Waals surface area contributed by atoms with Crippen LogP contribution in [0.25, 0.3) is 0 Å². The highest BCUT2D eigenvalue weighted by Gasteiger charge is 2.20. The average Bonchev–Trinajstić information content (AvgIpc) is 3.26. The van der Waals surface area contributed by atoms with Crippen LogP contribution in [0, 0.1) is 5.92 Å². The van der Waals surface area contributed by atoms with Crippen LogP contribution in [-0.4, -0.2) is 53.7 Å². The van der Waals surface area contributed by atoms with Crippen LogP contribution in [0.4, 0.5) is 0 Å². The molecular weight excluding hydrogens is 406 g/mol. The Bertz CT molecular complexity index is 786. The number of benzene rings is 1. The van der Waals surface area contributed by atoms with Gasteiger partial charge in [0.2, 0.25) is 0 Å². The number of aliphatic imine (C=N–C) groups is 1. The maximum absolute atomic E-state index is 10.3. The topological polar surface area (TPSA) is 72.8 Å². The van der Waals surface area contributed by atoms with Crippen molar-refractivity contribution in [3.63, 3.8) is 0 Å². The number of rotatable bonds is 10. The lowest BCUT2D eigenvalue weighted by atomic mass is 9.97. The van der Waals surface area contributed by atoms with Crippen LogP contribution in [-0.2, 0) is 13.0 Å². The summed E-state index contributed by atoms with van der Waals surface area (Å²) in [6.07, 6.45) is 3.59. The number of hydrogen-bond acceptors (Lipinski definition) is 5. The molecule has 1 aromatic carbocycles. The molecule has 7 heteroatoms. The molecule has 0 aliphatic carbocycles. The lowest BCUT2D eigenvalue weighted by Crippen LogP contribution is -2.39. The minimum atomic E-state index is -0.452. The maximum atomic E-state index is 10.3. The first kappa shape index (κ1) is 23.7. The molecule has 1 aromatic heterocycles. The molecular formula is C24H37N5OS. The number of guanidine groups is 1. The van der Waals surface area contributed by atoms with Crippen molar-refractivity contribution in [2.75, 3.05) is 32.7 Å². The van der Waals surface area contributed by atoms with Gasteiger partial charge in [0.15, 0.2) is 5.96 Å². The second-order valence-corrected chi connectivity index (χ2v) is 9.11. The Labute approximate surface area is 190 Å². The van der Waals surface area contributed by atoms with Crippen LogP contribution in [0.2, 0.25) is 0 Å². The van der Waals surface area contributed by atoms with Crippen molar-refractivity contribution in [3.8, 4) is 0 Å². The third-order valence-electron chi connectivity index (χ3n) is 5.74. The van der Waals surface area contributed by atoms with Crippen molar-refractivity contribution >= 4 is 17.3 Å². The maximum Gasteiger partial charge on any atom is 0.191 e. The first-order chi connectivity index (χ1) is 15.2. The lowest BCUT2D eigenvalue weighted by Gasteiger charge is -2.30. The van der Waals surface area contributed by atoms with Crippen LogP contribution in [0.5, 0.6) is 0 Å². The molecule has 1 fully saturated rings. The fourth-order valence-corrected chi connectivity index (χ4v) is 4.61. The van der Waals surface area contributed by atoms with Crippen molar-refractivity contribution in [2.45, 2.75) is 52.2 Å². The molecule has 0 spiro atoms. The van der Waals surface area contributed by atoms with Gasteiger partial charge < -0.3 is 15.7 Å². The molecule has 0 saturated carbocycles. The normalized spacial score (nSPS) is 16.9. The smallest absolute Gasteiger partial charge is 0.191 e. The van der Waals surface area contributed by atoms with Gasteiger partial charge in [-0.2, -0.15) is 0 Å². The molecule has 2 aromatic rings. The summed E-state index contributed by atoms with van der Waals surface area (Å²) in [4.78, 5) is 12.0. The van der Waals surface area contributed by atoms with Crippen molar-refractivity contribution in [3.05, 3.63) is 52.0 Å². The number of likely N-dealkylation sites (tertiary alicyclic amines) is 1. The minimum absolute atomic E-state index is 0.452. The highest BCUT2D eigenvalue weighted by molar-refractivity contribution is 7.09. The molecule has 31 heavy (non-hydrogen) atoms. The molecule has 3 N–H and O–H groups in total. The summed E-state index contributed by atoms with van der Waals surface area (Å²) in [6.45, 7) is 9.82. The number of aliphatic hydroxyl groups excluding tert-OH is 1. The van der Waals surface area contributed by atoms with Gasteiger partial charge in [-0.25, -0.2) is 4.98 Å². The summed E-state index contributed by atoms with van der Waals surface area (Å²) in [6, 6.07) is 9.82. The third-order valence-corrected chi connectivity index (χ3v) is 6.78. The highest BCUT2D eigenvalue weighted by Crippen LogP contribution is 2.20. The predicted octanol–water partition coefficient (Wildman–Crippen LogP) is 3.60. The Kier molecular flexibility index (Phi) is 9.78. The molecule has 6 nitrogen and oxygen atoms in total. The molecule has 0 radical (unpaired) electrons. The zero-order valence-electron chi connectivity index (χ0n) is 18.9.